The van der Waals surface area contributed by atoms with Gasteiger partial charge in [-0.25, -0.2) is 0 Å². The fourth-order valence-corrected chi connectivity index (χ4v) is 4.68. The number of nitro groups is 1. The van der Waals surface area contributed by atoms with Gasteiger partial charge in [-0.05, 0) is 18.9 Å². The van der Waals surface area contributed by atoms with E-state index in [1.54, 1.807) is 0 Å². The minimum Gasteiger partial charge on any atom is -0.339 e. The molecular formula is C26H44N2O6S. The van der Waals surface area contributed by atoms with E-state index in [9.17, 15) is 23.3 Å². The molecule has 1 amide bonds. The van der Waals surface area contributed by atoms with Gasteiger partial charge in [0.15, 0.2) is 0 Å². The van der Waals surface area contributed by atoms with Crippen molar-refractivity contribution < 1.29 is 22.7 Å². The van der Waals surface area contributed by atoms with Crippen molar-refractivity contribution in [3.63, 3.8) is 0 Å². The first-order valence-electron chi connectivity index (χ1n) is 13.2. The minimum absolute atomic E-state index is 0.109. The lowest BCUT2D eigenvalue weighted by Crippen LogP contribution is -2.33. The van der Waals surface area contributed by atoms with Crippen molar-refractivity contribution in [3.05, 3.63) is 39.9 Å². The Labute approximate surface area is 211 Å². The second kappa shape index (κ2) is 18.3. The molecule has 1 aromatic carbocycles. The average Bonchev–Trinajstić information content (AvgIpc) is 2.82. The molecule has 8 nitrogen and oxygen atoms in total. The Morgan fingerprint density at radius 1 is 0.857 bits per heavy atom. The highest BCUT2D eigenvalue weighted by atomic mass is 32.2. The topological polar surface area (TPSA) is 118 Å². The first-order chi connectivity index (χ1) is 16.7. The van der Waals surface area contributed by atoms with Crippen LogP contribution in [0.25, 0.3) is 0 Å². The number of benzene rings is 1. The third-order valence-corrected chi connectivity index (χ3v) is 7.01. The van der Waals surface area contributed by atoms with Crippen molar-refractivity contribution in [3.8, 4) is 0 Å². The standard InChI is InChI=1S/C26H44N2O6S/c1-2-3-4-5-6-7-8-9-10-11-12-13-14-15-20-27(21-17-22-35(32,33)34)26(29)24-18-16-19-25(23-24)28(30)31/h16,18-19,23H,2-15,17,20-22H2,1H3,(H,32,33,34). The summed E-state index contributed by atoms with van der Waals surface area (Å²) in [6.07, 6.45) is 17.3. The fraction of sp³-hybridized carbons (Fsp3) is 0.731. The summed E-state index contributed by atoms with van der Waals surface area (Å²) in [5, 5.41) is 11.0. The highest BCUT2D eigenvalue weighted by molar-refractivity contribution is 7.85. The van der Waals surface area contributed by atoms with Gasteiger partial charge in [-0.1, -0.05) is 96.5 Å². The molecule has 1 aromatic rings. The predicted octanol–water partition coefficient (Wildman–Crippen LogP) is 6.80. The molecule has 200 valence electrons. The second-order valence-electron chi connectivity index (χ2n) is 9.34. The summed E-state index contributed by atoms with van der Waals surface area (Å²) in [7, 11) is -4.11. The van der Waals surface area contributed by atoms with E-state index in [1.807, 2.05) is 0 Å². The zero-order chi connectivity index (χ0) is 25.9. The molecule has 0 fully saturated rings. The largest absolute Gasteiger partial charge is 0.339 e. The van der Waals surface area contributed by atoms with E-state index in [4.69, 9.17) is 4.55 Å². The summed E-state index contributed by atoms with van der Waals surface area (Å²) < 4.78 is 31.1. The van der Waals surface area contributed by atoms with Crippen molar-refractivity contribution in [2.45, 2.75) is 103 Å². The van der Waals surface area contributed by atoms with Crippen molar-refractivity contribution in [1.82, 2.24) is 4.90 Å². The number of hydrogen-bond acceptors (Lipinski definition) is 5. The number of nitrogens with zero attached hydrogens (tertiary/aromatic N) is 2. The molecule has 0 unspecified atom stereocenters. The van der Waals surface area contributed by atoms with Crippen LogP contribution in [-0.4, -0.2) is 47.5 Å². The van der Waals surface area contributed by atoms with E-state index in [1.165, 1.54) is 93.4 Å². The zero-order valence-electron chi connectivity index (χ0n) is 21.3. The lowest BCUT2D eigenvalue weighted by Gasteiger charge is -2.22. The molecule has 35 heavy (non-hydrogen) atoms. The van der Waals surface area contributed by atoms with E-state index in [-0.39, 0.29) is 30.1 Å². The van der Waals surface area contributed by atoms with Gasteiger partial charge in [0.05, 0.1) is 10.7 Å². The number of amides is 1. The maximum Gasteiger partial charge on any atom is 0.270 e. The summed E-state index contributed by atoms with van der Waals surface area (Å²) in [5.74, 6) is -0.788. The first kappa shape index (κ1) is 31.0. The molecule has 0 heterocycles. The SMILES string of the molecule is CCCCCCCCCCCCCCCCN(CCCS(=O)(=O)O)C(=O)c1cccc([N+](=O)[O-])c1. The molecular weight excluding hydrogens is 468 g/mol. The molecule has 0 radical (unpaired) electrons. The Morgan fingerprint density at radius 2 is 1.34 bits per heavy atom. The number of rotatable bonds is 21. The summed E-state index contributed by atoms with van der Waals surface area (Å²) in [5.41, 5.74) is 0.0432. The van der Waals surface area contributed by atoms with Gasteiger partial charge < -0.3 is 4.90 Å². The molecule has 0 aliphatic rings. The van der Waals surface area contributed by atoms with Crippen molar-refractivity contribution in [2.24, 2.45) is 0 Å². The number of carbonyl (C=O) groups is 1. The van der Waals surface area contributed by atoms with Crippen LogP contribution in [-0.2, 0) is 10.1 Å². The Bertz CT molecular complexity index is 844. The van der Waals surface area contributed by atoms with Gasteiger partial charge in [0.1, 0.15) is 0 Å². The molecule has 0 aromatic heterocycles. The second-order valence-corrected chi connectivity index (χ2v) is 10.9. The van der Waals surface area contributed by atoms with Gasteiger partial charge in [0.25, 0.3) is 21.7 Å². The summed E-state index contributed by atoms with van der Waals surface area (Å²) in [6, 6.07) is 5.56. The molecule has 0 spiro atoms. The smallest absolute Gasteiger partial charge is 0.270 e. The lowest BCUT2D eigenvalue weighted by atomic mass is 10.0. The maximum absolute atomic E-state index is 12.9. The number of nitro benzene ring substituents is 1. The van der Waals surface area contributed by atoms with E-state index >= 15 is 0 Å². The Kier molecular flexibility index (Phi) is 16.2. The van der Waals surface area contributed by atoms with Gasteiger partial charge in [-0.2, -0.15) is 8.42 Å². The van der Waals surface area contributed by atoms with Crippen LogP contribution in [0.1, 0.15) is 114 Å². The monoisotopic (exact) mass is 512 g/mol. The van der Waals surface area contributed by atoms with Crippen LogP contribution >= 0.6 is 0 Å². The minimum atomic E-state index is -4.11. The van der Waals surface area contributed by atoms with E-state index in [2.05, 4.69) is 6.92 Å². The predicted molar refractivity (Wildman–Crippen MR) is 140 cm³/mol. The Morgan fingerprint density at radius 3 is 1.83 bits per heavy atom. The lowest BCUT2D eigenvalue weighted by molar-refractivity contribution is -0.384. The average molecular weight is 513 g/mol. The van der Waals surface area contributed by atoms with Gasteiger partial charge in [0.2, 0.25) is 0 Å². The molecule has 0 saturated heterocycles. The van der Waals surface area contributed by atoms with Crippen LogP contribution in [0, 0.1) is 10.1 Å². The highest BCUT2D eigenvalue weighted by Crippen LogP contribution is 2.17. The van der Waals surface area contributed by atoms with Crippen LogP contribution in [0.15, 0.2) is 24.3 Å². The van der Waals surface area contributed by atoms with Gasteiger partial charge in [-0.15, -0.1) is 0 Å². The summed E-state index contributed by atoms with van der Waals surface area (Å²) >= 11 is 0. The third kappa shape index (κ3) is 15.6. The molecule has 0 aliphatic heterocycles. The summed E-state index contributed by atoms with van der Waals surface area (Å²) in [6.45, 7) is 2.86. The number of hydrogen-bond donors (Lipinski definition) is 1. The first-order valence-corrected chi connectivity index (χ1v) is 14.8. The van der Waals surface area contributed by atoms with Crippen LogP contribution < -0.4 is 0 Å². The summed E-state index contributed by atoms with van der Waals surface area (Å²) in [4.78, 5) is 24.9. The van der Waals surface area contributed by atoms with E-state index in [0.717, 1.165) is 25.7 Å². The van der Waals surface area contributed by atoms with Gasteiger partial charge in [0, 0.05) is 30.8 Å². The van der Waals surface area contributed by atoms with Crippen LogP contribution in [0.5, 0.6) is 0 Å². The molecule has 0 bridgehead atoms. The number of unbranched alkanes of at least 4 members (excludes halogenated alkanes) is 13. The van der Waals surface area contributed by atoms with E-state index < -0.39 is 20.8 Å². The van der Waals surface area contributed by atoms with Crippen molar-refractivity contribution in [1.29, 1.82) is 0 Å². The van der Waals surface area contributed by atoms with Gasteiger partial charge >= 0.3 is 0 Å². The third-order valence-electron chi connectivity index (χ3n) is 6.20. The zero-order valence-corrected chi connectivity index (χ0v) is 22.1. The molecule has 0 atom stereocenters. The van der Waals surface area contributed by atoms with Crippen LogP contribution in [0.2, 0.25) is 0 Å². The maximum atomic E-state index is 12.9. The molecule has 1 N–H and O–H groups in total. The van der Waals surface area contributed by atoms with Crippen molar-refractivity contribution >= 4 is 21.7 Å². The quantitative estimate of drug-likeness (QED) is 0.0838. The van der Waals surface area contributed by atoms with Gasteiger partial charge in [-0.3, -0.25) is 19.5 Å². The Balaban J connectivity index is 2.34. The highest BCUT2D eigenvalue weighted by Gasteiger charge is 2.19. The molecule has 0 aliphatic carbocycles. The Hall–Kier alpha value is -2.00. The van der Waals surface area contributed by atoms with Crippen LogP contribution in [0.3, 0.4) is 0 Å². The van der Waals surface area contributed by atoms with E-state index in [0.29, 0.717) is 6.54 Å². The number of non-ortho nitro benzene ring substituents is 1. The fourth-order valence-electron chi connectivity index (χ4n) is 4.18. The van der Waals surface area contributed by atoms with Crippen molar-refractivity contribution in [2.75, 3.05) is 18.8 Å². The molecule has 0 saturated carbocycles. The van der Waals surface area contributed by atoms with Crippen LogP contribution in [0.4, 0.5) is 5.69 Å². The molecule has 1 rings (SSSR count). The molecule has 9 heteroatoms. The number of carbonyl (C=O) groups excluding carboxylic acids is 1. The normalized spacial score (nSPS) is 11.5.